The Kier molecular flexibility index (Phi) is 9.46. The quantitative estimate of drug-likeness (QED) is 0.218. The fraction of sp³-hybridized carbons (Fsp3) is 0.303. The van der Waals surface area contributed by atoms with Crippen LogP contribution in [0.15, 0.2) is 66.7 Å². The Balaban J connectivity index is 1.49. The first-order chi connectivity index (χ1) is 20.4. The van der Waals surface area contributed by atoms with Crippen molar-refractivity contribution in [2.45, 2.75) is 52.2 Å². The van der Waals surface area contributed by atoms with Crippen LogP contribution >= 0.6 is 0 Å². The van der Waals surface area contributed by atoms with Gasteiger partial charge in [-0.3, -0.25) is 9.59 Å². The fourth-order valence-electron chi connectivity index (χ4n) is 4.82. The van der Waals surface area contributed by atoms with E-state index in [0.717, 1.165) is 11.1 Å². The zero-order valence-electron chi connectivity index (χ0n) is 24.7. The Bertz CT molecular complexity index is 1550. The molecule has 3 aromatic carbocycles. The molecule has 0 radical (unpaired) electrons. The predicted molar refractivity (Wildman–Crippen MR) is 163 cm³/mol. The maximum absolute atomic E-state index is 13.9. The zero-order valence-corrected chi connectivity index (χ0v) is 24.7. The fourth-order valence-corrected chi connectivity index (χ4v) is 4.82. The second-order valence-corrected chi connectivity index (χ2v) is 11.3. The Hall–Kier alpha value is -5.17. The van der Waals surface area contributed by atoms with Crippen LogP contribution in [0.4, 0.5) is 21.0 Å². The van der Waals surface area contributed by atoms with E-state index in [1.54, 1.807) is 74.2 Å². The van der Waals surface area contributed by atoms with Crippen molar-refractivity contribution in [1.82, 2.24) is 10.2 Å². The molecule has 0 aromatic heterocycles. The number of carbonyl (C=O) groups excluding carboxylic acids is 4. The van der Waals surface area contributed by atoms with Gasteiger partial charge in [0.15, 0.2) is 5.78 Å². The topological polar surface area (TPSA) is 141 Å². The van der Waals surface area contributed by atoms with Crippen molar-refractivity contribution in [3.63, 3.8) is 0 Å². The minimum Gasteiger partial charge on any atom is -0.444 e. The summed E-state index contributed by atoms with van der Waals surface area (Å²) in [6.07, 6.45) is 0.521. The van der Waals surface area contributed by atoms with E-state index >= 15 is 0 Å². The number of nitrogens with zero attached hydrogens (tertiary/aromatic N) is 2. The normalized spacial score (nSPS) is 14.3. The molecule has 0 bridgehead atoms. The number of hydrogen-bond donors (Lipinski definition) is 3. The molecule has 0 fully saturated rings. The predicted octanol–water partition coefficient (Wildman–Crippen LogP) is 6.06. The summed E-state index contributed by atoms with van der Waals surface area (Å²) in [5.41, 5.74) is 3.66. The van der Waals surface area contributed by atoms with Gasteiger partial charge in [0.1, 0.15) is 5.60 Å². The van der Waals surface area contributed by atoms with Crippen LogP contribution in [-0.4, -0.2) is 47.4 Å². The number of amides is 4. The highest BCUT2D eigenvalue weighted by atomic mass is 16.6. The number of rotatable bonds is 8. The molecular weight excluding hydrogens is 546 g/mol. The number of carbonyl (C=O) groups is 4. The SMILES string of the molecule is CC(=O)c1ccc(NC(=O)Nc2ccc3c(c2)C(=O)N(CCCNC(=O)OC(C)(C)C)C(c2ccc(C#N)cc2)C3)cc1. The number of ether oxygens (including phenoxy) is 1. The molecule has 0 aliphatic carbocycles. The molecule has 4 rings (SSSR count). The average molecular weight is 582 g/mol. The molecule has 0 saturated heterocycles. The second-order valence-electron chi connectivity index (χ2n) is 11.3. The highest BCUT2D eigenvalue weighted by Crippen LogP contribution is 2.35. The number of alkyl carbamates (subject to hydrolysis) is 1. The molecule has 1 aliphatic heterocycles. The summed E-state index contributed by atoms with van der Waals surface area (Å²) in [4.78, 5) is 51.9. The molecule has 1 aliphatic rings. The van der Waals surface area contributed by atoms with Crippen LogP contribution in [0.1, 0.15) is 77.6 Å². The number of nitriles is 1. The molecule has 10 nitrogen and oxygen atoms in total. The maximum atomic E-state index is 13.9. The van der Waals surface area contributed by atoms with E-state index in [9.17, 15) is 24.4 Å². The molecule has 4 amide bonds. The Morgan fingerprint density at radius 2 is 1.63 bits per heavy atom. The molecule has 0 spiro atoms. The van der Waals surface area contributed by atoms with Gasteiger partial charge in [-0.15, -0.1) is 0 Å². The van der Waals surface area contributed by atoms with Crippen LogP contribution in [0.2, 0.25) is 0 Å². The molecule has 0 saturated carbocycles. The van der Waals surface area contributed by atoms with Crippen LogP contribution in [0.25, 0.3) is 0 Å². The number of anilines is 2. The third kappa shape index (κ3) is 8.20. The third-order valence-corrected chi connectivity index (χ3v) is 6.87. The van der Waals surface area contributed by atoms with Gasteiger partial charge in [-0.05, 0) is 100 Å². The average Bonchev–Trinajstić information content (AvgIpc) is 2.95. The lowest BCUT2D eigenvalue weighted by molar-refractivity contribution is 0.0523. The van der Waals surface area contributed by atoms with E-state index in [1.165, 1.54) is 6.92 Å². The number of ketones is 1. The first-order valence-corrected chi connectivity index (χ1v) is 14.0. The largest absolute Gasteiger partial charge is 0.444 e. The number of nitrogens with one attached hydrogen (secondary N) is 3. The van der Waals surface area contributed by atoms with Crippen molar-refractivity contribution in [2.75, 3.05) is 23.7 Å². The van der Waals surface area contributed by atoms with E-state index in [-0.39, 0.29) is 17.7 Å². The highest BCUT2D eigenvalue weighted by molar-refractivity contribution is 6.03. The van der Waals surface area contributed by atoms with Gasteiger partial charge in [0, 0.05) is 35.6 Å². The van der Waals surface area contributed by atoms with Crippen LogP contribution in [0, 0.1) is 11.3 Å². The molecule has 1 atom stereocenters. The minimum atomic E-state index is -0.611. The summed E-state index contributed by atoms with van der Waals surface area (Å²) >= 11 is 0. The van der Waals surface area contributed by atoms with Gasteiger partial charge < -0.3 is 25.6 Å². The number of fused-ring (bicyclic) bond motifs is 1. The van der Waals surface area contributed by atoms with Crippen molar-refractivity contribution >= 4 is 35.2 Å². The summed E-state index contributed by atoms with van der Waals surface area (Å²) < 4.78 is 5.30. The summed E-state index contributed by atoms with van der Waals surface area (Å²) in [7, 11) is 0. The van der Waals surface area contributed by atoms with Crippen molar-refractivity contribution in [3.05, 3.63) is 94.5 Å². The Labute approximate surface area is 251 Å². The van der Waals surface area contributed by atoms with Gasteiger partial charge in [0.25, 0.3) is 5.91 Å². The van der Waals surface area contributed by atoms with E-state index < -0.39 is 17.7 Å². The van der Waals surface area contributed by atoms with E-state index in [0.29, 0.717) is 54.0 Å². The van der Waals surface area contributed by atoms with Gasteiger partial charge in [-0.2, -0.15) is 5.26 Å². The number of Topliss-reactive ketones (excluding diaryl/α,β-unsaturated/α-hetero) is 1. The highest BCUT2D eigenvalue weighted by Gasteiger charge is 2.33. The lowest BCUT2D eigenvalue weighted by Crippen LogP contribution is -2.42. The van der Waals surface area contributed by atoms with Crippen LogP contribution < -0.4 is 16.0 Å². The number of urea groups is 1. The molecule has 3 aromatic rings. The van der Waals surface area contributed by atoms with Crippen LogP contribution in [0.5, 0.6) is 0 Å². The number of hydrogen-bond acceptors (Lipinski definition) is 6. The van der Waals surface area contributed by atoms with E-state index in [1.807, 2.05) is 18.2 Å². The standard InChI is InChI=1S/C33H35N5O5/c1-21(39)23-10-13-26(14-11-23)36-31(41)37-27-15-12-25-18-29(24-8-6-22(20-34)7-9-24)38(30(40)28(25)19-27)17-5-16-35-32(42)43-33(2,3)4/h6-15,19,29H,5,16-18H2,1-4H3,(H,35,42)(H2,36,37,41). The maximum Gasteiger partial charge on any atom is 0.407 e. The molecular formula is C33H35N5O5. The van der Waals surface area contributed by atoms with Gasteiger partial charge in [0.05, 0.1) is 17.7 Å². The first kappa shape index (κ1) is 30.8. The molecule has 1 unspecified atom stereocenters. The number of benzene rings is 3. The molecule has 3 N–H and O–H groups in total. The van der Waals surface area contributed by atoms with Crippen molar-refractivity contribution in [1.29, 1.82) is 5.26 Å². The van der Waals surface area contributed by atoms with Crippen LogP contribution in [0.3, 0.4) is 0 Å². The molecule has 222 valence electrons. The Morgan fingerprint density at radius 1 is 0.977 bits per heavy atom. The summed E-state index contributed by atoms with van der Waals surface area (Å²) in [6.45, 7) is 7.53. The summed E-state index contributed by atoms with van der Waals surface area (Å²) in [6, 6.07) is 20.4. The second kappa shape index (κ2) is 13.2. The van der Waals surface area contributed by atoms with Crippen LogP contribution in [-0.2, 0) is 11.2 Å². The molecule has 43 heavy (non-hydrogen) atoms. The lowest BCUT2D eigenvalue weighted by atomic mass is 9.88. The lowest BCUT2D eigenvalue weighted by Gasteiger charge is -2.37. The zero-order chi connectivity index (χ0) is 31.1. The Morgan fingerprint density at radius 3 is 2.26 bits per heavy atom. The summed E-state index contributed by atoms with van der Waals surface area (Å²) in [5, 5.41) is 17.5. The van der Waals surface area contributed by atoms with Gasteiger partial charge in [0.2, 0.25) is 0 Å². The molecule has 1 heterocycles. The van der Waals surface area contributed by atoms with Crippen molar-refractivity contribution in [3.8, 4) is 6.07 Å². The van der Waals surface area contributed by atoms with E-state index in [4.69, 9.17) is 4.74 Å². The van der Waals surface area contributed by atoms with Gasteiger partial charge in [-0.1, -0.05) is 18.2 Å². The van der Waals surface area contributed by atoms with Crippen molar-refractivity contribution < 1.29 is 23.9 Å². The minimum absolute atomic E-state index is 0.0653. The first-order valence-electron chi connectivity index (χ1n) is 14.0. The van der Waals surface area contributed by atoms with Crippen molar-refractivity contribution in [2.24, 2.45) is 0 Å². The molecule has 10 heteroatoms. The van der Waals surface area contributed by atoms with Gasteiger partial charge in [-0.25, -0.2) is 9.59 Å². The third-order valence-electron chi connectivity index (χ3n) is 6.87. The monoisotopic (exact) mass is 581 g/mol. The smallest absolute Gasteiger partial charge is 0.407 e. The van der Waals surface area contributed by atoms with E-state index in [2.05, 4.69) is 22.0 Å². The van der Waals surface area contributed by atoms with Gasteiger partial charge >= 0.3 is 12.1 Å². The summed E-state index contributed by atoms with van der Waals surface area (Å²) in [5.74, 6) is -0.263.